The number of para-hydroxylation sites is 1. The molecule has 0 unspecified atom stereocenters. The van der Waals surface area contributed by atoms with Crippen molar-refractivity contribution in [1.29, 1.82) is 0 Å². The summed E-state index contributed by atoms with van der Waals surface area (Å²) in [6, 6.07) is 34.3. The van der Waals surface area contributed by atoms with Gasteiger partial charge >= 0.3 is 29.6 Å². The van der Waals surface area contributed by atoms with E-state index in [1.54, 1.807) is 24.3 Å². The average molecular weight is 458 g/mol. The first-order chi connectivity index (χ1) is 16.1. The zero-order chi connectivity index (χ0) is 23.0. The van der Waals surface area contributed by atoms with Gasteiger partial charge in [-0.25, -0.2) is 0 Å². The molecule has 0 aromatic heterocycles. The maximum atomic E-state index is 13.2. The van der Waals surface area contributed by atoms with Gasteiger partial charge in [0, 0.05) is 12.1 Å². The number of carbonyl (C=O) groups is 2. The molecule has 164 valence electrons. The van der Waals surface area contributed by atoms with Crippen LogP contribution in [0.3, 0.4) is 0 Å². The summed E-state index contributed by atoms with van der Waals surface area (Å²) in [6.07, 6.45) is 1.11. The Labute approximate surface area is 222 Å². The minimum Gasteiger partial charge on any atom is -0.545 e. The molecule has 0 fully saturated rings. The summed E-state index contributed by atoms with van der Waals surface area (Å²) in [7, 11) is 0. The Kier molecular flexibility index (Phi) is 9.23. The van der Waals surface area contributed by atoms with Crippen molar-refractivity contribution in [2.75, 3.05) is 4.90 Å². The molecular weight excluding hydrogens is 433 g/mol. The second-order valence-corrected chi connectivity index (χ2v) is 7.87. The topological polar surface area (TPSA) is 60.4 Å². The van der Waals surface area contributed by atoms with E-state index >= 15 is 0 Å². The Bertz CT molecular complexity index is 1230. The average Bonchev–Trinajstić information content (AvgIpc) is 2.87. The van der Waals surface area contributed by atoms with Crippen molar-refractivity contribution in [1.82, 2.24) is 0 Å². The molecule has 0 aliphatic carbocycles. The fourth-order valence-electron chi connectivity index (χ4n) is 3.79. The van der Waals surface area contributed by atoms with Crippen molar-refractivity contribution in [3.8, 4) is 11.1 Å². The largest absolute Gasteiger partial charge is 1.00 e. The van der Waals surface area contributed by atoms with E-state index in [1.807, 2.05) is 89.8 Å². The number of carboxylic acids is 1. The van der Waals surface area contributed by atoms with E-state index in [9.17, 15) is 14.7 Å². The predicted octanol–water partition coefficient (Wildman–Crippen LogP) is 1.89. The van der Waals surface area contributed by atoms with Gasteiger partial charge in [-0.05, 0) is 52.4 Å². The van der Waals surface area contributed by atoms with Crippen LogP contribution in [0.5, 0.6) is 0 Å². The number of carboxylic acid groups (broad SMARTS) is 1. The van der Waals surface area contributed by atoms with E-state index < -0.39 is 5.97 Å². The van der Waals surface area contributed by atoms with Crippen molar-refractivity contribution in [3.63, 3.8) is 0 Å². The third-order valence-electron chi connectivity index (χ3n) is 5.56. The fourth-order valence-corrected chi connectivity index (χ4v) is 3.79. The number of amides is 1. The van der Waals surface area contributed by atoms with E-state index in [0.29, 0.717) is 19.4 Å². The third kappa shape index (κ3) is 6.67. The van der Waals surface area contributed by atoms with Crippen LogP contribution in [0, 0.1) is 0 Å². The zero-order valence-electron chi connectivity index (χ0n) is 19.2. The molecule has 0 aliphatic rings. The van der Waals surface area contributed by atoms with Gasteiger partial charge in [-0.2, -0.15) is 0 Å². The molecular formula is C29H24NNaO3. The summed E-state index contributed by atoms with van der Waals surface area (Å²) in [5.74, 6) is -1.13. The molecule has 0 heterocycles. The Morgan fingerprint density at radius 1 is 0.676 bits per heavy atom. The molecule has 0 spiro atoms. The SMILES string of the molecule is O=C([O-])c1ccc(-c2cccc(CN(C(=O)CCc3ccccc3)c3ccccc3)c2)cc1.[Na+]. The molecule has 4 aromatic rings. The molecule has 0 aliphatic heterocycles. The summed E-state index contributed by atoms with van der Waals surface area (Å²) >= 11 is 0. The number of anilines is 1. The number of carbonyl (C=O) groups excluding carboxylic acids is 2. The van der Waals surface area contributed by atoms with Crippen LogP contribution in [0.25, 0.3) is 11.1 Å². The van der Waals surface area contributed by atoms with E-state index in [0.717, 1.165) is 27.9 Å². The number of nitrogens with zero attached hydrogens (tertiary/aromatic N) is 1. The second-order valence-electron chi connectivity index (χ2n) is 7.87. The molecule has 0 radical (unpaired) electrons. The normalized spacial score (nSPS) is 10.2. The van der Waals surface area contributed by atoms with Crippen molar-refractivity contribution in [2.24, 2.45) is 0 Å². The Balaban J connectivity index is 0.00000324. The summed E-state index contributed by atoms with van der Waals surface area (Å²) in [6.45, 7) is 0.447. The van der Waals surface area contributed by atoms with Crippen LogP contribution in [0.1, 0.15) is 27.9 Å². The molecule has 4 aromatic carbocycles. The van der Waals surface area contributed by atoms with E-state index in [4.69, 9.17) is 0 Å². The Morgan fingerprint density at radius 3 is 1.94 bits per heavy atom. The van der Waals surface area contributed by atoms with Crippen LogP contribution >= 0.6 is 0 Å². The number of hydrogen-bond donors (Lipinski definition) is 0. The maximum Gasteiger partial charge on any atom is 1.00 e. The van der Waals surface area contributed by atoms with Crippen molar-refractivity contribution in [2.45, 2.75) is 19.4 Å². The van der Waals surface area contributed by atoms with Gasteiger partial charge in [-0.3, -0.25) is 4.79 Å². The van der Waals surface area contributed by atoms with Crippen LogP contribution in [0.4, 0.5) is 5.69 Å². The van der Waals surface area contributed by atoms with Crippen LogP contribution in [0.2, 0.25) is 0 Å². The van der Waals surface area contributed by atoms with E-state index in [2.05, 4.69) is 0 Å². The molecule has 34 heavy (non-hydrogen) atoms. The molecule has 4 nitrogen and oxygen atoms in total. The van der Waals surface area contributed by atoms with Crippen LogP contribution in [-0.4, -0.2) is 11.9 Å². The standard InChI is InChI=1S/C29H25NO3.Na/c31-28(19-14-22-8-3-1-4-9-22)30(27-12-5-2-6-13-27)21-23-10-7-11-26(20-23)24-15-17-25(18-16-24)29(32)33;/h1-13,15-18,20H,14,19,21H2,(H,32,33);/q;+1/p-1. The number of aromatic carboxylic acids is 1. The summed E-state index contributed by atoms with van der Waals surface area (Å²) < 4.78 is 0. The first-order valence-electron chi connectivity index (χ1n) is 10.9. The molecule has 0 saturated carbocycles. The molecule has 5 heteroatoms. The second kappa shape index (κ2) is 12.3. The first kappa shape index (κ1) is 25.4. The quantitative estimate of drug-likeness (QED) is 0.380. The van der Waals surface area contributed by atoms with Gasteiger partial charge in [-0.1, -0.05) is 91.0 Å². The van der Waals surface area contributed by atoms with Gasteiger partial charge in [0.2, 0.25) is 5.91 Å². The van der Waals surface area contributed by atoms with E-state index in [1.165, 1.54) is 0 Å². The summed E-state index contributed by atoms with van der Waals surface area (Å²) in [5, 5.41) is 11.0. The molecule has 0 atom stereocenters. The van der Waals surface area contributed by atoms with E-state index in [-0.39, 0.29) is 41.0 Å². The van der Waals surface area contributed by atoms with Crippen molar-refractivity contribution >= 4 is 17.6 Å². The van der Waals surface area contributed by atoms with Crippen LogP contribution < -0.4 is 39.6 Å². The van der Waals surface area contributed by atoms with Gasteiger partial charge < -0.3 is 14.8 Å². The van der Waals surface area contributed by atoms with Gasteiger partial charge in [0.05, 0.1) is 12.5 Å². The zero-order valence-corrected chi connectivity index (χ0v) is 21.2. The van der Waals surface area contributed by atoms with Crippen LogP contribution in [-0.2, 0) is 17.8 Å². The Morgan fingerprint density at radius 2 is 1.29 bits per heavy atom. The van der Waals surface area contributed by atoms with Crippen LogP contribution in [0.15, 0.2) is 109 Å². The number of benzene rings is 4. The predicted molar refractivity (Wildman–Crippen MR) is 129 cm³/mol. The molecule has 4 rings (SSSR count). The van der Waals surface area contributed by atoms with Gasteiger partial charge in [0.1, 0.15) is 0 Å². The molecule has 0 saturated heterocycles. The third-order valence-corrected chi connectivity index (χ3v) is 5.56. The minimum absolute atomic E-state index is 0. The fraction of sp³-hybridized carbons (Fsp3) is 0.103. The van der Waals surface area contributed by atoms with Gasteiger partial charge in [0.15, 0.2) is 0 Å². The number of aryl methyl sites for hydroxylation is 1. The Hall–Kier alpha value is -3.18. The monoisotopic (exact) mass is 457 g/mol. The molecule has 1 amide bonds. The maximum absolute atomic E-state index is 13.2. The minimum atomic E-state index is -1.19. The summed E-state index contributed by atoms with van der Waals surface area (Å²) in [5.41, 5.74) is 5.01. The van der Waals surface area contributed by atoms with Crippen molar-refractivity contribution in [3.05, 3.63) is 126 Å². The van der Waals surface area contributed by atoms with Gasteiger partial charge in [-0.15, -0.1) is 0 Å². The first-order valence-corrected chi connectivity index (χ1v) is 10.9. The molecule has 0 bridgehead atoms. The smallest absolute Gasteiger partial charge is 0.545 e. The number of rotatable bonds is 8. The van der Waals surface area contributed by atoms with Gasteiger partial charge in [0.25, 0.3) is 0 Å². The van der Waals surface area contributed by atoms with Crippen molar-refractivity contribution < 1.29 is 44.3 Å². The number of hydrogen-bond acceptors (Lipinski definition) is 3. The summed E-state index contributed by atoms with van der Waals surface area (Å²) in [4.78, 5) is 26.1. The molecule has 0 N–H and O–H groups in total.